The highest BCUT2D eigenvalue weighted by Gasteiger charge is 2.30. The van der Waals surface area contributed by atoms with E-state index >= 15 is 0 Å². The quantitative estimate of drug-likeness (QED) is 0.267. The number of benzene rings is 2. The molecule has 11 heteroatoms. The number of hydrogen-bond donors (Lipinski definition) is 3. The highest BCUT2D eigenvalue weighted by atomic mass is 16.5. The predicted octanol–water partition coefficient (Wildman–Crippen LogP) is 3.63. The van der Waals surface area contributed by atoms with Gasteiger partial charge in [-0.1, -0.05) is 38.1 Å². The van der Waals surface area contributed by atoms with Crippen LogP contribution in [0.3, 0.4) is 0 Å². The Kier molecular flexibility index (Phi) is 8.96. The van der Waals surface area contributed by atoms with Gasteiger partial charge in [0.25, 0.3) is 17.4 Å². The van der Waals surface area contributed by atoms with Gasteiger partial charge < -0.3 is 34.6 Å². The zero-order chi connectivity index (χ0) is 33.3. The summed E-state index contributed by atoms with van der Waals surface area (Å²) >= 11 is 0. The van der Waals surface area contributed by atoms with Gasteiger partial charge in [-0.3, -0.25) is 14.4 Å². The normalized spacial score (nSPS) is 15.0. The molecule has 11 nitrogen and oxygen atoms in total. The van der Waals surface area contributed by atoms with Gasteiger partial charge in [-0.25, -0.2) is 4.98 Å². The first-order valence-electron chi connectivity index (χ1n) is 15.7. The molecule has 0 radical (unpaired) electrons. The van der Waals surface area contributed by atoms with Crippen molar-refractivity contribution in [2.45, 2.75) is 32.3 Å². The standard InChI is InChI=1S/C36H39N5O6/c1-36(2,22-43)26-8-9-28-23(17-26)11-12-41(34(28)45)31-6-4-5-27(29(31)21-42)25-18-30(35(46)39(3)20-25)38-32-10-7-24(19-37-32)33(44)40-13-15-47-16-14-40/h4-10,17-20,42-43H,11-16,21-22H2,1-3H3,(H,37,38). The maximum atomic E-state index is 13.8. The van der Waals surface area contributed by atoms with Crippen LogP contribution >= 0.6 is 0 Å². The van der Waals surface area contributed by atoms with Crippen molar-refractivity contribution < 1.29 is 24.5 Å². The van der Waals surface area contributed by atoms with E-state index in [1.807, 2.05) is 50.2 Å². The number of anilines is 3. The average Bonchev–Trinajstić information content (AvgIpc) is 3.10. The monoisotopic (exact) mass is 637 g/mol. The fourth-order valence-electron chi connectivity index (χ4n) is 6.12. The fourth-order valence-corrected chi connectivity index (χ4v) is 6.12. The van der Waals surface area contributed by atoms with Gasteiger partial charge in [-0.15, -0.1) is 0 Å². The van der Waals surface area contributed by atoms with Crippen molar-refractivity contribution in [2.24, 2.45) is 7.05 Å². The Morgan fingerprint density at radius 1 is 1.00 bits per heavy atom. The average molecular weight is 638 g/mol. The summed E-state index contributed by atoms with van der Waals surface area (Å²) in [5.41, 5.74) is 5.05. The van der Waals surface area contributed by atoms with E-state index < -0.39 is 5.41 Å². The van der Waals surface area contributed by atoms with Crippen LogP contribution in [0.5, 0.6) is 0 Å². The summed E-state index contributed by atoms with van der Waals surface area (Å²) in [6, 6.07) is 16.3. The molecule has 1 fully saturated rings. The number of aryl methyl sites for hydroxylation is 1. The molecule has 2 aromatic carbocycles. The van der Waals surface area contributed by atoms with Crippen LogP contribution in [0, 0.1) is 0 Å². The summed E-state index contributed by atoms with van der Waals surface area (Å²) in [7, 11) is 1.65. The van der Waals surface area contributed by atoms with Gasteiger partial charge in [0, 0.05) is 61.2 Å². The molecule has 0 unspecified atom stereocenters. The van der Waals surface area contributed by atoms with Crippen LogP contribution in [0.25, 0.3) is 11.1 Å². The van der Waals surface area contributed by atoms with E-state index in [4.69, 9.17) is 4.74 Å². The van der Waals surface area contributed by atoms with Gasteiger partial charge >= 0.3 is 0 Å². The second-order valence-electron chi connectivity index (χ2n) is 12.6. The van der Waals surface area contributed by atoms with E-state index in [2.05, 4.69) is 10.3 Å². The Balaban J connectivity index is 1.28. The van der Waals surface area contributed by atoms with Crippen molar-refractivity contribution >= 4 is 29.0 Å². The molecule has 0 bridgehead atoms. The van der Waals surface area contributed by atoms with Crippen LogP contribution in [-0.2, 0) is 30.2 Å². The van der Waals surface area contributed by atoms with Gasteiger partial charge in [0.2, 0.25) is 0 Å². The third-order valence-electron chi connectivity index (χ3n) is 9.03. The first-order valence-corrected chi connectivity index (χ1v) is 15.7. The molecule has 0 aliphatic carbocycles. The summed E-state index contributed by atoms with van der Waals surface area (Å²) in [4.78, 5) is 47.6. The molecule has 1 saturated heterocycles. The number of aromatic nitrogens is 2. The SMILES string of the molecule is Cn1cc(-c2cccc(N3CCc4cc(C(C)(C)CO)ccc4C3=O)c2CO)cc(Nc2ccc(C(=O)N3CCOCC3)cn2)c1=O. The molecule has 2 amide bonds. The number of morpholine rings is 1. The zero-order valence-corrected chi connectivity index (χ0v) is 26.8. The van der Waals surface area contributed by atoms with Gasteiger partial charge in [0.05, 0.1) is 37.7 Å². The molecule has 47 heavy (non-hydrogen) atoms. The largest absolute Gasteiger partial charge is 0.395 e. The smallest absolute Gasteiger partial charge is 0.274 e. The lowest BCUT2D eigenvalue weighted by Crippen LogP contribution is -2.40. The number of carbonyl (C=O) groups excluding carboxylic acids is 2. The van der Waals surface area contributed by atoms with Crippen molar-refractivity contribution in [2.75, 3.05) is 49.7 Å². The molecule has 0 spiro atoms. The Morgan fingerprint density at radius 2 is 1.79 bits per heavy atom. The predicted molar refractivity (Wildman–Crippen MR) is 179 cm³/mol. The molecule has 2 aromatic heterocycles. The summed E-state index contributed by atoms with van der Waals surface area (Å²) in [6.45, 7) is 6.12. The minimum atomic E-state index is -0.418. The van der Waals surface area contributed by atoms with Crippen LogP contribution in [0.1, 0.15) is 51.3 Å². The Morgan fingerprint density at radius 3 is 2.49 bits per heavy atom. The van der Waals surface area contributed by atoms with Gasteiger partial charge in [-0.2, -0.15) is 0 Å². The number of aliphatic hydroxyl groups is 2. The third-order valence-corrected chi connectivity index (χ3v) is 9.03. The Hall–Kier alpha value is -4.84. The van der Waals surface area contributed by atoms with Crippen LogP contribution < -0.4 is 15.8 Å². The van der Waals surface area contributed by atoms with Crippen molar-refractivity contribution in [3.63, 3.8) is 0 Å². The number of rotatable bonds is 8. The molecule has 0 saturated carbocycles. The molecule has 6 rings (SSSR count). The molecule has 3 N–H and O–H groups in total. The van der Waals surface area contributed by atoms with Crippen LogP contribution in [0.2, 0.25) is 0 Å². The maximum Gasteiger partial charge on any atom is 0.274 e. The van der Waals surface area contributed by atoms with E-state index in [0.717, 1.165) is 11.1 Å². The second kappa shape index (κ2) is 13.1. The maximum absolute atomic E-state index is 13.8. The number of pyridine rings is 2. The van der Waals surface area contributed by atoms with Crippen LogP contribution in [0.4, 0.5) is 17.2 Å². The fraction of sp³-hybridized carbons (Fsp3) is 0.333. The Bertz CT molecular complexity index is 1880. The topological polar surface area (TPSA) is 137 Å². The summed E-state index contributed by atoms with van der Waals surface area (Å²) in [5.74, 6) is 0.126. The number of hydrogen-bond acceptors (Lipinski definition) is 8. The number of amides is 2. The van der Waals surface area contributed by atoms with E-state index in [0.29, 0.717) is 78.6 Å². The van der Waals surface area contributed by atoms with E-state index in [1.165, 1.54) is 10.8 Å². The summed E-state index contributed by atoms with van der Waals surface area (Å²) in [6.07, 6.45) is 3.81. The lowest BCUT2D eigenvalue weighted by molar-refractivity contribution is 0.0302. The third kappa shape index (κ3) is 6.29. The van der Waals surface area contributed by atoms with Gasteiger partial charge in [-0.05, 0) is 53.4 Å². The van der Waals surface area contributed by atoms with Crippen molar-refractivity contribution in [3.05, 3.63) is 105 Å². The molecule has 244 valence electrons. The summed E-state index contributed by atoms with van der Waals surface area (Å²) < 4.78 is 6.78. The lowest BCUT2D eigenvalue weighted by Gasteiger charge is -2.32. The Labute approximate surface area is 273 Å². The van der Waals surface area contributed by atoms with E-state index in [9.17, 15) is 24.6 Å². The first-order chi connectivity index (χ1) is 22.6. The molecule has 4 heterocycles. The molecular formula is C36H39N5O6. The van der Waals surface area contributed by atoms with Gasteiger partial charge in [0.15, 0.2) is 0 Å². The van der Waals surface area contributed by atoms with Crippen LogP contribution in [-0.4, -0.2) is 75.9 Å². The highest BCUT2D eigenvalue weighted by molar-refractivity contribution is 6.09. The minimum Gasteiger partial charge on any atom is -0.395 e. The molecule has 2 aliphatic rings. The number of fused-ring (bicyclic) bond motifs is 1. The summed E-state index contributed by atoms with van der Waals surface area (Å²) in [5, 5.41) is 23.5. The zero-order valence-electron chi connectivity index (χ0n) is 26.8. The minimum absolute atomic E-state index is 0.0000150. The molecule has 4 aromatic rings. The molecular weight excluding hydrogens is 598 g/mol. The van der Waals surface area contributed by atoms with Crippen molar-refractivity contribution in [3.8, 4) is 11.1 Å². The number of nitrogens with zero attached hydrogens (tertiary/aromatic N) is 4. The number of aliphatic hydroxyl groups excluding tert-OH is 2. The lowest BCUT2D eigenvalue weighted by atomic mass is 9.82. The number of ether oxygens (including phenoxy) is 1. The number of carbonyl (C=O) groups is 2. The highest BCUT2D eigenvalue weighted by Crippen LogP contribution is 2.36. The van der Waals surface area contributed by atoms with E-state index in [1.54, 1.807) is 41.2 Å². The number of nitrogens with one attached hydrogen (secondary N) is 1. The van der Waals surface area contributed by atoms with Crippen molar-refractivity contribution in [1.29, 1.82) is 0 Å². The van der Waals surface area contributed by atoms with Gasteiger partial charge in [0.1, 0.15) is 11.5 Å². The molecule has 0 atom stereocenters. The van der Waals surface area contributed by atoms with E-state index in [-0.39, 0.29) is 36.3 Å². The first kappa shape index (κ1) is 32.1. The second-order valence-corrected chi connectivity index (χ2v) is 12.6. The molecule has 2 aliphatic heterocycles. The van der Waals surface area contributed by atoms with Crippen LogP contribution in [0.15, 0.2) is 71.8 Å². The van der Waals surface area contributed by atoms with Crippen molar-refractivity contribution in [1.82, 2.24) is 14.5 Å².